The van der Waals surface area contributed by atoms with Crippen LogP contribution in [0.5, 0.6) is 0 Å². The number of rotatable bonds is 6. The van der Waals surface area contributed by atoms with E-state index >= 15 is 0 Å². The summed E-state index contributed by atoms with van der Waals surface area (Å²) in [5.41, 5.74) is 0.947. The molecule has 8 heteroatoms. The van der Waals surface area contributed by atoms with Gasteiger partial charge in [0.2, 0.25) is 5.95 Å². The lowest BCUT2D eigenvalue weighted by Gasteiger charge is -2.15. The number of aryl methyl sites for hydroxylation is 1. The van der Waals surface area contributed by atoms with Crippen molar-refractivity contribution in [2.75, 3.05) is 17.2 Å². The van der Waals surface area contributed by atoms with E-state index < -0.39 is 17.9 Å². The van der Waals surface area contributed by atoms with Crippen LogP contribution in [-0.2, 0) is 12.7 Å². The summed E-state index contributed by atoms with van der Waals surface area (Å²) in [6, 6.07) is 7.98. The number of nitrogens with one attached hydrogen (secondary N) is 2. The number of alkyl halides is 3. The largest absolute Gasteiger partial charge is 0.433 e. The van der Waals surface area contributed by atoms with E-state index in [0.717, 1.165) is 17.2 Å². The molecule has 3 N–H and O–H groups in total. The first-order valence-electron chi connectivity index (χ1n) is 7.41. The molecule has 0 aliphatic rings. The topological polar surface area (TPSA) is 70.1 Å². The molecule has 0 saturated heterocycles. The number of aromatic nitrogens is 2. The number of halogens is 3. The zero-order valence-corrected chi connectivity index (χ0v) is 13.4. The van der Waals surface area contributed by atoms with Crippen LogP contribution in [0.15, 0.2) is 30.3 Å². The molecule has 130 valence electrons. The molecule has 0 fully saturated rings. The lowest BCUT2D eigenvalue weighted by Crippen LogP contribution is -2.22. The van der Waals surface area contributed by atoms with Crippen molar-refractivity contribution in [1.82, 2.24) is 9.97 Å². The van der Waals surface area contributed by atoms with Crippen LogP contribution in [0.1, 0.15) is 23.7 Å². The lowest BCUT2D eigenvalue weighted by molar-refractivity contribution is -0.141. The Kier molecular flexibility index (Phi) is 5.61. The van der Waals surface area contributed by atoms with E-state index in [4.69, 9.17) is 5.11 Å². The number of hydrogen-bond acceptors (Lipinski definition) is 5. The second-order valence-electron chi connectivity index (χ2n) is 5.47. The van der Waals surface area contributed by atoms with Gasteiger partial charge in [-0.2, -0.15) is 18.2 Å². The molecule has 0 aliphatic carbocycles. The summed E-state index contributed by atoms with van der Waals surface area (Å²) < 4.78 is 39.0. The van der Waals surface area contributed by atoms with Crippen LogP contribution in [0, 0.1) is 6.92 Å². The molecule has 24 heavy (non-hydrogen) atoms. The maximum Gasteiger partial charge on any atom is 0.433 e. The van der Waals surface area contributed by atoms with Gasteiger partial charge >= 0.3 is 6.18 Å². The number of aliphatic hydroxyl groups excluding tert-OH is 1. The molecule has 2 rings (SSSR count). The maximum atomic E-state index is 13.0. The highest BCUT2D eigenvalue weighted by Crippen LogP contribution is 2.30. The Morgan fingerprint density at radius 3 is 2.54 bits per heavy atom. The summed E-state index contributed by atoms with van der Waals surface area (Å²) >= 11 is 0. The predicted molar refractivity (Wildman–Crippen MR) is 85.7 cm³/mol. The first kappa shape index (κ1) is 18.0. The van der Waals surface area contributed by atoms with Gasteiger partial charge in [0.1, 0.15) is 5.82 Å². The Morgan fingerprint density at radius 2 is 1.92 bits per heavy atom. The third-order valence-electron chi connectivity index (χ3n) is 3.39. The van der Waals surface area contributed by atoms with Gasteiger partial charge in [-0.25, -0.2) is 4.98 Å². The summed E-state index contributed by atoms with van der Waals surface area (Å²) in [5, 5.41) is 14.6. The monoisotopic (exact) mass is 340 g/mol. The molecule has 0 radical (unpaired) electrons. The molecule has 1 atom stereocenters. The highest BCUT2D eigenvalue weighted by atomic mass is 19.4. The van der Waals surface area contributed by atoms with Crippen LogP contribution in [0.25, 0.3) is 0 Å². The summed E-state index contributed by atoms with van der Waals surface area (Å²) in [6.45, 7) is 3.64. The molecule has 0 aliphatic heterocycles. The van der Waals surface area contributed by atoms with Crippen LogP contribution in [0.4, 0.5) is 24.9 Å². The van der Waals surface area contributed by atoms with E-state index in [0.29, 0.717) is 6.54 Å². The minimum Gasteiger partial charge on any atom is -0.394 e. The van der Waals surface area contributed by atoms with Gasteiger partial charge in [-0.3, -0.25) is 0 Å². The van der Waals surface area contributed by atoms with E-state index in [1.807, 2.05) is 31.2 Å². The summed E-state index contributed by atoms with van der Waals surface area (Å²) in [5.74, 6) is -0.119. The number of aliphatic hydroxyl groups is 1. The summed E-state index contributed by atoms with van der Waals surface area (Å²) in [7, 11) is 0. The number of anilines is 2. The summed E-state index contributed by atoms with van der Waals surface area (Å²) in [6.07, 6.45) is -4.58. The minimum absolute atomic E-state index is 0.0632. The molecule has 2 aromatic rings. The van der Waals surface area contributed by atoms with Crippen LogP contribution in [0.2, 0.25) is 0 Å². The minimum atomic E-state index is -4.58. The zero-order chi connectivity index (χ0) is 17.7. The van der Waals surface area contributed by atoms with Crippen LogP contribution >= 0.6 is 0 Å². The van der Waals surface area contributed by atoms with Crippen LogP contribution in [-0.4, -0.2) is 27.7 Å². The Hall–Kier alpha value is -2.35. The lowest BCUT2D eigenvalue weighted by atomic mass is 10.1. The number of hydrogen-bond donors (Lipinski definition) is 3. The predicted octanol–water partition coefficient (Wildman–Crippen LogP) is 3.21. The molecule has 5 nitrogen and oxygen atoms in total. The molecule has 0 spiro atoms. The van der Waals surface area contributed by atoms with Crippen molar-refractivity contribution in [1.29, 1.82) is 0 Å². The van der Waals surface area contributed by atoms with E-state index in [1.165, 1.54) is 0 Å². The summed E-state index contributed by atoms with van der Waals surface area (Å²) in [4.78, 5) is 7.50. The third-order valence-corrected chi connectivity index (χ3v) is 3.39. The van der Waals surface area contributed by atoms with E-state index in [9.17, 15) is 13.2 Å². The first-order valence-corrected chi connectivity index (χ1v) is 7.41. The van der Waals surface area contributed by atoms with Crippen molar-refractivity contribution in [2.24, 2.45) is 0 Å². The van der Waals surface area contributed by atoms with Gasteiger partial charge in [0.05, 0.1) is 6.61 Å². The highest BCUT2D eigenvalue weighted by molar-refractivity contribution is 5.44. The number of benzene rings is 1. The molecule has 1 aromatic carbocycles. The van der Waals surface area contributed by atoms with Crippen molar-refractivity contribution in [3.63, 3.8) is 0 Å². The molecule has 1 heterocycles. The Bertz CT molecular complexity index is 691. The Morgan fingerprint density at radius 1 is 1.21 bits per heavy atom. The van der Waals surface area contributed by atoms with E-state index in [2.05, 4.69) is 20.6 Å². The fraction of sp³-hybridized carbons (Fsp3) is 0.375. The molecule has 0 unspecified atom stereocenters. The first-order chi connectivity index (χ1) is 11.3. The Balaban J connectivity index is 2.24. The Labute approximate surface area is 138 Å². The molecule has 0 bridgehead atoms. The van der Waals surface area contributed by atoms with Gasteiger partial charge in [-0.1, -0.05) is 24.3 Å². The van der Waals surface area contributed by atoms with Crippen LogP contribution in [0.3, 0.4) is 0 Å². The van der Waals surface area contributed by atoms with E-state index in [1.54, 1.807) is 6.92 Å². The molecular weight excluding hydrogens is 321 g/mol. The van der Waals surface area contributed by atoms with Gasteiger partial charge in [-0.15, -0.1) is 0 Å². The van der Waals surface area contributed by atoms with Gasteiger partial charge in [0, 0.05) is 18.7 Å². The third kappa shape index (κ3) is 4.82. The average molecular weight is 340 g/mol. The maximum absolute atomic E-state index is 13.0. The van der Waals surface area contributed by atoms with Crippen molar-refractivity contribution in [3.8, 4) is 0 Å². The van der Waals surface area contributed by atoms with Gasteiger partial charge in [-0.05, 0) is 25.0 Å². The highest BCUT2D eigenvalue weighted by Gasteiger charge is 2.33. The normalized spacial score (nSPS) is 12.8. The van der Waals surface area contributed by atoms with E-state index in [-0.39, 0.29) is 18.4 Å². The fourth-order valence-corrected chi connectivity index (χ4v) is 2.01. The quantitative estimate of drug-likeness (QED) is 0.753. The van der Waals surface area contributed by atoms with Gasteiger partial charge in [0.25, 0.3) is 0 Å². The fourth-order valence-electron chi connectivity index (χ4n) is 2.01. The van der Waals surface area contributed by atoms with Crippen molar-refractivity contribution < 1.29 is 18.3 Å². The zero-order valence-electron chi connectivity index (χ0n) is 13.4. The molecule has 1 aromatic heterocycles. The standard InChI is InChI=1S/C16H19F3N4O/c1-10-5-3-4-6-12(10)8-20-14-7-13(16(17,18)19)22-15(23-14)21-11(2)9-24/h3-7,11,24H,8-9H2,1-2H3,(H2,20,21,22,23)/t11-/m0/s1. The van der Waals surface area contributed by atoms with Crippen molar-refractivity contribution >= 4 is 11.8 Å². The van der Waals surface area contributed by atoms with Crippen LogP contribution < -0.4 is 10.6 Å². The molecule has 0 amide bonds. The second-order valence-corrected chi connectivity index (χ2v) is 5.47. The molecular formula is C16H19F3N4O. The van der Waals surface area contributed by atoms with Gasteiger partial charge < -0.3 is 15.7 Å². The van der Waals surface area contributed by atoms with Gasteiger partial charge in [0.15, 0.2) is 5.69 Å². The second kappa shape index (κ2) is 7.48. The SMILES string of the molecule is Cc1ccccc1CNc1cc(C(F)(F)F)nc(N[C@@H](C)CO)n1. The number of nitrogens with zero attached hydrogens (tertiary/aromatic N) is 2. The van der Waals surface area contributed by atoms with Crippen molar-refractivity contribution in [3.05, 3.63) is 47.2 Å². The van der Waals surface area contributed by atoms with Crippen molar-refractivity contribution in [2.45, 2.75) is 32.6 Å². The smallest absolute Gasteiger partial charge is 0.394 e. The average Bonchev–Trinajstić information content (AvgIpc) is 2.53. The molecule has 0 saturated carbocycles.